The average Bonchev–Trinajstić information content (AvgIpc) is 2.42. The van der Waals surface area contributed by atoms with E-state index in [1.165, 1.54) is 19.4 Å². The highest BCUT2D eigenvalue weighted by Gasteiger charge is 2.08. The molecule has 98 valence electrons. The van der Waals surface area contributed by atoms with Gasteiger partial charge in [0.25, 0.3) is 0 Å². The quantitative estimate of drug-likeness (QED) is 0.773. The van der Waals surface area contributed by atoms with E-state index in [4.69, 9.17) is 4.74 Å². The lowest BCUT2D eigenvalue weighted by molar-refractivity contribution is 0.410. The summed E-state index contributed by atoms with van der Waals surface area (Å²) in [5.74, 6) is 0.103. The first kappa shape index (κ1) is 13.7. The summed E-state index contributed by atoms with van der Waals surface area (Å²) in [4.78, 5) is 4.25. The van der Waals surface area contributed by atoms with Crippen molar-refractivity contribution in [3.05, 3.63) is 63.9 Å². The van der Waals surface area contributed by atoms with Gasteiger partial charge in [0.15, 0.2) is 0 Å². The number of hydrogen-bond donors (Lipinski definition) is 0. The molecule has 0 aromatic heterocycles. The van der Waals surface area contributed by atoms with Gasteiger partial charge in [0.2, 0.25) is 0 Å². The molecule has 4 heteroatoms. The van der Waals surface area contributed by atoms with Crippen LogP contribution in [0.5, 0.6) is 5.75 Å². The Hall–Kier alpha value is -1.68. The standard InChI is InChI=1S/C15H13BrFNO/c1-19-15-8-12(16)7-14(17)13(15)10-18-9-11-5-3-2-4-6-11/h2-8,10H,9H2,1H3. The first-order valence-corrected chi connectivity index (χ1v) is 6.57. The summed E-state index contributed by atoms with van der Waals surface area (Å²) in [5.41, 5.74) is 1.44. The Kier molecular flexibility index (Phi) is 4.68. The molecular formula is C15H13BrFNO. The van der Waals surface area contributed by atoms with Gasteiger partial charge >= 0.3 is 0 Å². The van der Waals surface area contributed by atoms with Gasteiger partial charge < -0.3 is 4.74 Å². The van der Waals surface area contributed by atoms with E-state index in [0.29, 0.717) is 22.3 Å². The zero-order valence-electron chi connectivity index (χ0n) is 10.4. The van der Waals surface area contributed by atoms with Crippen LogP contribution >= 0.6 is 15.9 Å². The van der Waals surface area contributed by atoms with E-state index in [-0.39, 0.29) is 5.82 Å². The molecule has 0 amide bonds. The molecule has 19 heavy (non-hydrogen) atoms. The van der Waals surface area contributed by atoms with Crippen LogP contribution in [-0.2, 0) is 6.54 Å². The van der Waals surface area contributed by atoms with E-state index in [1.807, 2.05) is 30.3 Å². The van der Waals surface area contributed by atoms with Crippen molar-refractivity contribution >= 4 is 22.1 Å². The van der Waals surface area contributed by atoms with Crippen molar-refractivity contribution in [1.82, 2.24) is 0 Å². The summed E-state index contributed by atoms with van der Waals surface area (Å²) in [5, 5.41) is 0. The summed E-state index contributed by atoms with van der Waals surface area (Å²) in [6, 6.07) is 12.9. The zero-order valence-corrected chi connectivity index (χ0v) is 12.0. The molecule has 0 aliphatic rings. The van der Waals surface area contributed by atoms with E-state index in [0.717, 1.165) is 5.56 Å². The summed E-state index contributed by atoms with van der Waals surface area (Å²) in [6.45, 7) is 0.513. The normalized spacial score (nSPS) is 10.9. The molecule has 0 fully saturated rings. The van der Waals surface area contributed by atoms with Crippen LogP contribution in [0.1, 0.15) is 11.1 Å². The van der Waals surface area contributed by atoms with Crippen LogP contribution in [0.3, 0.4) is 0 Å². The molecule has 0 N–H and O–H groups in total. The Bertz CT molecular complexity index is 584. The number of halogens is 2. The number of nitrogens with zero attached hydrogens (tertiary/aromatic N) is 1. The zero-order chi connectivity index (χ0) is 13.7. The first-order valence-electron chi connectivity index (χ1n) is 5.77. The smallest absolute Gasteiger partial charge is 0.136 e. The van der Waals surface area contributed by atoms with Crippen molar-refractivity contribution in [3.8, 4) is 5.75 Å². The van der Waals surface area contributed by atoms with Crippen molar-refractivity contribution in [1.29, 1.82) is 0 Å². The van der Waals surface area contributed by atoms with Crippen LogP contribution in [0.15, 0.2) is 51.9 Å². The molecule has 0 aliphatic carbocycles. The number of aliphatic imine (C=N–C) groups is 1. The van der Waals surface area contributed by atoms with Gasteiger partial charge in [-0.2, -0.15) is 0 Å². The third-order valence-corrected chi connectivity index (χ3v) is 3.07. The Morgan fingerprint density at radius 3 is 2.68 bits per heavy atom. The minimum atomic E-state index is -0.358. The van der Waals surface area contributed by atoms with Crippen molar-refractivity contribution in [2.75, 3.05) is 7.11 Å². The average molecular weight is 322 g/mol. The van der Waals surface area contributed by atoms with Gasteiger partial charge in [-0.25, -0.2) is 4.39 Å². The molecule has 0 heterocycles. The minimum Gasteiger partial charge on any atom is -0.496 e. The number of ether oxygens (including phenoxy) is 1. The molecule has 0 radical (unpaired) electrons. The second kappa shape index (κ2) is 6.48. The summed E-state index contributed by atoms with van der Waals surface area (Å²) < 4.78 is 19.6. The molecule has 2 aromatic carbocycles. The number of hydrogen-bond acceptors (Lipinski definition) is 2. The Labute approximate surface area is 120 Å². The molecule has 0 saturated heterocycles. The summed E-state index contributed by atoms with van der Waals surface area (Å²) >= 11 is 3.23. The summed E-state index contributed by atoms with van der Waals surface area (Å²) in [6.07, 6.45) is 1.51. The van der Waals surface area contributed by atoms with Crippen LogP contribution < -0.4 is 4.74 Å². The molecule has 0 atom stereocenters. The largest absolute Gasteiger partial charge is 0.496 e. The van der Waals surface area contributed by atoms with E-state index < -0.39 is 0 Å². The highest BCUT2D eigenvalue weighted by Crippen LogP contribution is 2.25. The maximum Gasteiger partial charge on any atom is 0.136 e. The Morgan fingerprint density at radius 1 is 1.26 bits per heavy atom. The van der Waals surface area contributed by atoms with Crippen molar-refractivity contribution < 1.29 is 9.13 Å². The van der Waals surface area contributed by atoms with Crippen molar-refractivity contribution in [2.24, 2.45) is 4.99 Å². The molecule has 0 bridgehead atoms. The van der Waals surface area contributed by atoms with E-state index >= 15 is 0 Å². The van der Waals surface area contributed by atoms with E-state index in [1.54, 1.807) is 6.07 Å². The molecule has 0 spiro atoms. The molecule has 2 rings (SSSR count). The fraction of sp³-hybridized carbons (Fsp3) is 0.133. The Morgan fingerprint density at radius 2 is 2.00 bits per heavy atom. The SMILES string of the molecule is COc1cc(Br)cc(F)c1C=NCc1ccccc1. The molecule has 2 nitrogen and oxygen atoms in total. The summed E-state index contributed by atoms with van der Waals surface area (Å²) in [7, 11) is 1.51. The van der Waals surface area contributed by atoms with Gasteiger partial charge in [-0.1, -0.05) is 46.3 Å². The maximum atomic E-state index is 13.8. The third kappa shape index (κ3) is 3.64. The van der Waals surface area contributed by atoms with Crippen LogP contribution in [-0.4, -0.2) is 13.3 Å². The van der Waals surface area contributed by atoms with Gasteiger partial charge in [0, 0.05) is 10.7 Å². The highest BCUT2D eigenvalue weighted by molar-refractivity contribution is 9.10. The van der Waals surface area contributed by atoms with Crippen LogP contribution in [0.4, 0.5) is 4.39 Å². The van der Waals surface area contributed by atoms with Gasteiger partial charge in [0.1, 0.15) is 11.6 Å². The molecule has 2 aromatic rings. The third-order valence-electron chi connectivity index (χ3n) is 2.61. The molecule has 0 saturated carbocycles. The second-order valence-corrected chi connectivity index (χ2v) is 4.87. The van der Waals surface area contributed by atoms with Crippen LogP contribution in [0.2, 0.25) is 0 Å². The Balaban J connectivity index is 2.19. The van der Waals surface area contributed by atoms with E-state index in [9.17, 15) is 4.39 Å². The number of methoxy groups -OCH3 is 1. The first-order chi connectivity index (χ1) is 9.20. The fourth-order valence-corrected chi connectivity index (χ4v) is 2.09. The van der Waals surface area contributed by atoms with Crippen LogP contribution in [0.25, 0.3) is 0 Å². The van der Waals surface area contributed by atoms with Gasteiger partial charge in [-0.3, -0.25) is 4.99 Å². The van der Waals surface area contributed by atoms with Crippen molar-refractivity contribution in [3.63, 3.8) is 0 Å². The lowest BCUT2D eigenvalue weighted by Crippen LogP contribution is -1.96. The molecule has 0 unspecified atom stereocenters. The molecular weight excluding hydrogens is 309 g/mol. The highest BCUT2D eigenvalue weighted by atomic mass is 79.9. The fourth-order valence-electron chi connectivity index (χ4n) is 1.68. The lowest BCUT2D eigenvalue weighted by Gasteiger charge is -2.06. The van der Waals surface area contributed by atoms with E-state index in [2.05, 4.69) is 20.9 Å². The monoisotopic (exact) mass is 321 g/mol. The van der Waals surface area contributed by atoms with Gasteiger partial charge in [0.05, 0.1) is 19.2 Å². The minimum absolute atomic E-state index is 0.358. The van der Waals surface area contributed by atoms with Gasteiger partial charge in [-0.05, 0) is 17.7 Å². The van der Waals surface area contributed by atoms with Gasteiger partial charge in [-0.15, -0.1) is 0 Å². The lowest BCUT2D eigenvalue weighted by atomic mass is 10.2. The second-order valence-electron chi connectivity index (χ2n) is 3.96. The number of rotatable bonds is 4. The predicted octanol–water partition coefficient (Wildman–Crippen LogP) is 4.22. The topological polar surface area (TPSA) is 21.6 Å². The van der Waals surface area contributed by atoms with Crippen molar-refractivity contribution in [2.45, 2.75) is 6.54 Å². The molecule has 0 aliphatic heterocycles. The number of benzene rings is 2. The van der Waals surface area contributed by atoms with Crippen LogP contribution in [0, 0.1) is 5.82 Å². The maximum absolute atomic E-state index is 13.8. The predicted molar refractivity (Wildman–Crippen MR) is 78.4 cm³/mol.